The first-order valence-corrected chi connectivity index (χ1v) is 9.98. The summed E-state index contributed by atoms with van der Waals surface area (Å²) >= 11 is 0. The maximum atomic E-state index is 2.30. The highest BCUT2D eigenvalue weighted by molar-refractivity contribution is 6.04. The zero-order valence-corrected chi connectivity index (χ0v) is 18.7. The molecule has 0 N–H and O–H groups in total. The molecular formula is C26H32N3+. The molecule has 3 heteroatoms. The Labute approximate surface area is 175 Å². The molecule has 150 valence electrons. The molecule has 0 bridgehead atoms. The molecule has 0 fully saturated rings. The topological polar surface area (TPSA) is 9.49 Å². The molecule has 2 aromatic carbocycles. The van der Waals surface area contributed by atoms with Gasteiger partial charge in [-0.3, -0.25) is 0 Å². The van der Waals surface area contributed by atoms with E-state index in [1.165, 1.54) is 44.9 Å². The number of aryl methyl sites for hydroxylation is 1. The molecule has 0 amide bonds. The van der Waals surface area contributed by atoms with Gasteiger partial charge in [0, 0.05) is 51.7 Å². The molecule has 0 spiro atoms. The smallest absolute Gasteiger partial charge is 0.199 e. The average Bonchev–Trinajstić information content (AvgIpc) is 2.69. The van der Waals surface area contributed by atoms with Crippen LogP contribution in [0.3, 0.4) is 0 Å². The van der Waals surface area contributed by atoms with E-state index in [1.807, 2.05) is 0 Å². The molecule has 0 atom stereocenters. The van der Waals surface area contributed by atoms with Crippen molar-refractivity contribution in [2.45, 2.75) is 6.92 Å². The highest BCUT2D eigenvalue weighted by Crippen LogP contribution is 2.33. The van der Waals surface area contributed by atoms with Crippen LogP contribution in [0.25, 0.3) is 5.57 Å². The maximum absolute atomic E-state index is 2.30. The summed E-state index contributed by atoms with van der Waals surface area (Å²) in [6.45, 7) is 2.18. The molecule has 0 unspecified atom stereocenters. The van der Waals surface area contributed by atoms with Crippen molar-refractivity contribution in [1.29, 1.82) is 0 Å². The summed E-state index contributed by atoms with van der Waals surface area (Å²) in [6.07, 6.45) is 8.81. The van der Waals surface area contributed by atoms with Gasteiger partial charge in [0.1, 0.15) is 14.1 Å². The molecule has 0 aromatic heterocycles. The molecule has 0 radical (unpaired) electrons. The fourth-order valence-electron chi connectivity index (χ4n) is 3.67. The Morgan fingerprint density at radius 3 is 1.79 bits per heavy atom. The van der Waals surface area contributed by atoms with Crippen molar-refractivity contribution >= 4 is 22.7 Å². The van der Waals surface area contributed by atoms with Gasteiger partial charge in [-0.05, 0) is 71.2 Å². The van der Waals surface area contributed by atoms with Gasteiger partial charge in [0.15, 0.2) is 5.71 Å². The van der Waals surface area contributed by atoms with Crippen molar-refractivity contribution in [3.05, 3.63) is 89.0 Å². The zero-order chi connectivity index (χ0) is 21.1. The van der Waals surface area contributed by atoms with E-state index in [2.05, 4.69) is 130 Å². The number of rotatable bonds is 4. The second-order valence-corrected chi connectivity index (χ2v) is 8.15. The second-order valence-electron chi connectivity index (χ2n) is 8.15. The van der Waals surface area contributed by atoms with Gasteiger partial charge in [0.05, 0.1) is 0 Å². The minimum Gasteiger partial charge on any atom is -0.378 e. The lowest BCUT2D eigenvalue weighted by Crippen LogP contribution is -2.11. The average molecular weight is 387 g/mol. The lowest BCUT2D eigenvalue weighted by Gasteiger charge is -2.19. The summed E-state index contributed by atoms with van der Waals surface area (Å²) in [5, 5.41) is 0. The number of benzene rings is 2. The summed E-state index contributed by atoms with van der Waals surface area (Å²) in [5.74, 6) is 0. The maximum Gasteiger partial charge on any atom is 0.199 e. The van der Waals surface area contributed by atoms with E-state index < -0.39 is 0 Å². The van der Waals surface area contributed by atoms with Gasteiger partial charge >= 0.3 is 0 Å². The lowest BCUT2D eigenvalue weighted by molar-refractivity contribution is -0.462. The first-order valence-electron chi connectivity index (χ1n) is 9.98. The zero-order valence-electron chi connectivity index (χ0n) is 18.7. The van der Waals surface area contributed by atoms with Crippen molar-refractivity contribution in [2.75, 3.05) is 52.1 Å². The van der Waals surface area contributed by atoms with Gasteiger partial charge in [0.2, 0.25) is 0 Å². The summed E-state index contributed by atoms with van der Waals surface area (Å²) in [6, 6.07) is 15.6. The van der Waals surface area contributed by atoms with Crippen LogP contribution < -0.4 is 9.80 Å². The Balaban J connectivity index is 2.17. The van der Waals surface area contributed by atoms with Crippen molar-refractivity contribution in [1.82, 2.24) is 0 Å². The molecule has 29 heavy (non-hydrogen) atoms. The second kappa shape index (κ2) is 8.52. The summed E-state index contributed by atoms with van der Waals surface area (Å²) in [4.78, 5) is 4.29. The first kappa shape index (κ1) is 20.7. The quantitative estimate of drug-likeness (QED) is 0.700. The highest BCUT2D eigenvalue weighted by Gasteiger charge is 2.14. The standard InChI is InChI=1S/C26H32N3/c1-19-18-22(12-17-25(19)29(6)7)26(20-8-13-23(14-9-20)27(2)3)21-10-15-24(16-11-21)28(4)5/h8-18H,1-7H3/q+1. The van der Waals surface area contributed by atoms with Gasteiger partial charge in [0.25, 0.3) is 0 Å². The summed E-state index contributed by atoms with van der Waals surface area (Å²) in [7, 11) is 12.5. The van der Waals surface area contributed by atoms with E-state index >= 15 is 0 Å². The fraction of sp³-hybridized carbons (Fsp3) is 0.269. The molecule has 3 nitrogen and oxygen atoms in total. The normalized spacial score (nSPS) is 12.9. The van der Waals surface area contributed by atoms with Crippen molar-refractivity contribution in [3.8, 4) is 0 Å². The predicted octanol–water partition coefficient (Wildman–Crippen LogP) is 4.77. The largest absolute Gasteiger partial charge is 0.378 e. The van der Waals surface area contributed by atoms with Crippen LogP contribution in [0, 0.1) is 6.92 Å². The molecule has 2 aromatic rings. The van der Waals surface area contributed by atoms with Gasteiger partial charge in [-0.1, -0.05) is 18.2 Å². The van der Waals surface area contributed by atoms with Gasteiger partial charge in [-0.15, -0.1) is 0 Å². The van der Waals surface area contributed by atoms with Crippen LogP contribution >= 0.6 is 0 Å². The van der Waals surface area contributed by atoms with Crippen LogP contribution in [0.5, 0.6) is 0 Å². The van der Waals surface area contributed by atoms with Crippen LogP contribution in [0.15, 0.2) is 72.3 Å². The van der Waals surface area contributed by atoms with Gasteiger partial charge in [-0.25, -0.2) is 4.58 Å². The van der Waals surface area contributed by atoms with Crippen LogP contribution in [-0.4, -0.2) is 52.6 Å². The van der Waals surface area contributed by atoms with Crippen molar-refractivity contribution in [2.24, 2.45) is 0 Å². The molecule has 3 rings (SSSR count). The van der Waals surface area contributed by atoms with Crippen molar-refractivity contribution < 1.29 is 4.58 Å². The molecule has 1 aliphatic carbocycles. The number of allylic oxidation sites excluding steroid dienone is 5. The lowest BCUT2D eigenvalue weighted by atomic mass is 9.89. The first-order chi connectivity index (χ1) is 13.8. The monoisotopic (exact) mass is 386 g/mol. The minimum absolute atomic E-state index is 1.20. The Hall–Kier alpha value is -3.07. The van der Waals surface area contributed by atoms with E-state index in [0.717, 1.165) is 0 Å². The van der Waals surface area contributed by atoms with Crippen LogP contribution in [0.4, 0.5) is 11.4 Å². The molecule has 1 aliphatic rings. The van der Waals surface area contributed by atoms with E-state index in [-0.39, 0.29) is 0 Å². The number of nitrogens with zero attached hydrogens (tertiary/aromatic N) is 3. The third kappa shape index (κ3) is 4.51. The van der Waals surface area contributed by atoms with E-state index in [1.54, 1.807) is 0 Å². The molecule has 0 saturated carbocycles. The molecule has 0 heterocycles. The number of anilines is 2. The summed E-state index contributed by atoms with van der Waals surface area (Å²) in [5.41, 5.74) is 9.89. The Bertz CT molecular complexity index is 994. The highest BCUT2D eigenvalue weighted by atomic mass is 15.1. The molecular weight excluding hydrogens is 354 g/mol. The third-order valence-corrected chi connectivity index (χ3v) is 5.31. The van der Waals surface area contributed by atoms with E-state index in [9.17, 15) is 0 Å². The van der Waals surface area contributed by atoms with Gasteiger partial charge in [-0.2, -0.15) is 0 Å². The molecule has 0 aliphatic heterocycles. The predicted molar refractivity (Wildman–Crippen MR) is 128 cm³/mol. The van der Waals surface area contributed by atoms with Crippen LogP contribution in [0.1, 0.15) is 16.7 Å². The van der Waals surface area contributed by atoms with Crippen LogP contribution in [-0.2, 0) is 0 Å². The SMILES string of the molecule is Cc1cc(C(=C2C=CC(=[N+](C)C)C=C2)c2ccc(N(C)C)cc2)ccc1N(C)C. The van der Waals surface area contributed by atoms with E-state index in [0.29, 0.717) is 0 Å². The van der Waals surface area contributed by atoms with E-state index in [4.69, 9.17) is 0 Å². The fourth-order valence-corrected chi connectivity index (χ4v) is 3.67. The Morgan fingerprint density at radius 2 is 1.31 bits per heavy atom. The third-order valence-electron chi connectivity index (χ3n) is 5.31. The Morgan fingerprint density at radius 1 is 0.724 bits per heavy atom. The van der Waals surface area contributed by atoms with Gasteiger partial charge < -0.3 is 9.80 Å². The summed E-state index contributed by atoms with van der Waals surface area (Å²) < 4.78 is 2.13. The molecule has 0 saturated heterocycles. The number of hydrogen-bond donors (Lipinski definition) is 0. The number of hydrogen-bond acceptors (Lipinski definition) is 2. The Kier molecular flexibility index (Phi) is 6.07. The van der Waals surface area contributed by atoms with Crippen molar-refractivity contribution in [3.63, 3.8) is 0 Å². The van der Waals surface area contributed by atoms with Crippen LogP contribution in [0.2, 0.25) is 0 Å². The minimum atomic E-state index is 1.20.